The Morgan fingerprint density at radius 3 is 1.37 bits per heavy atom. The topological polar surface area (TPSA) is 238 Å². The van der Waals surface area contributed by atoms with E-state index in [1.54, 1.807) is 74.0 Å². The summed E-state index contributed by atoms with van der Waals surface area (Å²) in [5.41, 5.74) is 18.1. The number of halogens is 4. The Labute approximate surface area is 461 Å². The van der Waals surface area contributed by atoms with Crippen molar-refractivity contribution in [3.63, 3.8) is 0 Å². The van der Waals surface area contributed by atoms with Crippen LogP contribution in [0.25, 0.3) is 44.1 Å². The van der Waals surface area contributed by atoms with E-state index in [1.165, 1.54) is 7.05 Å². The Hall–Kier alpha value is -9.57. The van der Waals surface area contributed by atoms with E-state index in [-0.39, 0.29) is 64.9 Å². The smallest absolute Gasteiger partial charge is 0.410 e. The molecular formula is C59H54F4N10O8. The molecule has 8 aromatic rings. The van der Waals surface area contributed by atoms with Gasteiger partial charge in [0, 0.05) is 55.1 Å². The van der Waals surface area contributed by atoms with Crippen LogP contribution in [-0.4, -0.2) is 97.3 Å². The lowest BCUT2D eigenvalue weighted by Crippen LogP contribution is -2.37. The largest absolute Gasteiger partial charge is 0.460 e. The number of benzene rings is 6. The van der Waals surface area contributed by atoms with E-state index in [9.17, 15) is 41.5 Å². The van der Waals surface area contributed by atoms with Gasteiger partial charge in [-0.1, -0.05) is 60.7 Å². The summed E-state index contributed by atoms with van der Waals surface area (Å²) < 4.78 is 73.0. The van der Waals surface area contributed by atoms with Crippen molar-refractivity contribution < 1.29 is 55.7 Å². The van der Waals surface area contributed by atoms with Crippen LogP contribution in [0.2, 0.25) is 0 Å². The van der Waals surface area contributed by atoms with Crippen molar-refractivity contribution in [1.82, 2.24) is 40.0 Å². The molecule has 0 unspecified atom stereocenters. The molecule has 0 aliphatic carbocycles. The maximum absolute atomic E-state index is 14.5. The fourth-order valence-corrected chi connectivity index (χ4v) is 9.31. The van der Waals surface area contributed by atoms with Crippen LogP contribution in [0.1, 0.15) is 75.1 Å². The summed E-state index contributed by atoms with van der Waals surface area (Å²) in [6.45, 7) is 5.64. The molecule has 4 heterocycles. The van der Waals surface area contributed by atoms with E-state index < -0.39 is 60.1 Å². The number of fused-ring (bicyclic) bond motifs is 4. The quantitative estimate of drug-likeness (QED) is 0.0589. The normalized spacial score (nSPS) is 12.6. The van der Waals surface area contributed by atoms with E-state index in [2.05, 4.69) is 25.3 Å². The second-order valence-corrected chi connectivity index (χ2v) is 20.2. The van der Waals surface area contributed by atoms with E-state index in [0.29, 0.717) is 64.7 Å². The third kappa shape index (κ3) is 12.8. The molecule has 6 aromatic carbocycles. The molecule has 3 amide bonds. The number of aromatic nitrogens is 4. The van der Waals surface area contributed by atoms with E-state index >= 15 is 0 Å². The number of nitrogens with zero attached hydrogens (tertiary/aromatic N) is 7. The number of amides is 3. The standard InChI is InChI=1S/C32H31F2N5O5.C27H23F2N5O3/c1-32(2,3)44-31(42)38(4)16-27(40)43-17-21-12-24(33)25(34)13-22(21)18-9-10-26-23(11-18)28(37-30(35)36-26)29(41)39-14-19-7-5-6-8-20(19)15-39;1-31-11-24(35)37-14-18-9-21(28)22(29)10-19(18)15-6-7-23-20(8-15)25(33-27(30)32-23)26(36)34-12-16-4-2-3-5-17(16)13-34/h5-13H,14-17H2,1-4H3,(H2,35,36,37);2-10,31H,11-14H2,1H3,(H2,30,32,33). The Balaban J connectivity index is 0.000000198. The van der Waals surface area contributed by atoms with Gasteiger partial charge in [0.15, 0.2) is 23.3 Å². The maximum Gasteiger partial charge on any atom is 0.410 e. The number of rotatable bonds is 12. The third-order valence-electron chi connectivity index (χ3n) is 13.2. The van der Waals surface area contributed by atoms with Gasteiger partial charge in [0.2, 0.25) is 11.9 Å². The predicted molar refractivity (Wildman–Crippen MR) is 291 cm³/mol. The Morgan fingerprint density at radius 2 is 0.975 bits per heavy atom. The summed E-state index contributed by atoms with van der Waals surface area (Å²) in [4.78, 5) is 85.1. The summed E-state index contributed by atoms with van der Waals surface area (Å²) in [7, 11) is 2.97. The Kier molecular flexibility index (Phi) is 16.2. The van der Waals surface area contributed by atoms with E-state index in [4.69, 9.17) is 25.7 Å². The molecule has 0 atom stereocenters. The van der Waals surface area contributed by atoms with Crippen molar-refractivity contribution >= 4 is 63.5 Å². The molecule has 0 saturated heterocycles. The van der Waals surface area contributed by atoms with Crippen LogP contribution in [0, 0.1) is 23.3 Å². The number of nitrogens with one attached hydrogen (secondary N) is 1. The van der Waals surface area contributed by atoms with Crippen LogP contribution in [0.4, 0.5) is 34.3 Å². The van der Waals surface area contributed by atoms with Gasteiger partial charge in [-0.15, -0.1) is 0 Å². The molecule has 2 aliphatic rings. The molecule has 0 radical (unpaired) electrons. The zero-order chi connectivity index (χ0) is 57.9. The van der Waals surface area contributed by atoms with Crippen molar-refractivity contribution in [2.24, 2.45) is 0 Å². The Bertz CT molecular complexity index is 3770. The van der Waals surface area contributed by atoms with Gasteiger partial charge in [0.05, 0.1) is 17.6 Å². The fourth-order valence-electron chi connectivity index (χ4n) is 9.31. The molecule has 22 heteroatoms. The first-order valence-corrected chi connectivity index (χ1v) is 25.4. The highest BCUT2D eigenvalue weighted by Crippen LogP contribution is 2.35. The SMILES string of the molecule is CN(CC(=O)OCc1cc(F)c(F)cc1-c1ccc2nc(N)nc(C(=O)N3Cc4ccccc4C3)c2c1)C(=O)OC(C)(C)C.CNCC(=O)OCc1cc(F)c(F)cc1-c1ccc2nc(N)nc(C(=O)N3Cc4ccccc4C3)c2c1. The van der Waals surface area contributed by atoms with Gasteiger partial charge in [-0.3, -0.25) is 19.2 Å². The molecule has 18 nitrogen and oxygen atoms in total. The van der Waals surface area contributed by atoms with Gasteiger partial charge in [-0.25, -0.2) is 42.3 Å². The highest BCUT2D eigenvalue weighted by atomic mass is 19.2. The molecule has 0 saturated carbocycles. The molecule has 2 aromatic heterocycles. The van der Waals surface area contributed by atoms with Crippen LogP contribution < -0.4 is 16.8 Å². The number of nitrogen functional groups attached to an aromatic ring is 2. The lowest BCUT2D eigenvalue weighted by Gasteiger charge is -2.24. The molecule has 81 heavy (non-hydrogen) atoms. The number of hydrogen-bond acceptors (Lipinski definition) is 15. The van der Waals surface area contributed by atoms with Gasteiger partial charge in [0.25, 0.3) is 11.8 Å². The summed E-state index contributed by atoms with van der Waals surface area (Å²) >= 11 is 0. The predicted octanol–water partition coefficient (Wildman–Crippen LogP) is 8.80. The first kappa shape index (κ1) is 56.2. The minimum Gasteiger partial charge on any atom is -0.460 e. The molecule has 2 aliphatic heterocycles. The molecular weight excluding hydrogens is 1050 g/mol. The van der Waals surface area contributed by atoms with Crippen LogP contribution in [-0.2, 0) is 63.2 Å². The monoisotopic (exact) mass is 1110 g/mol. The lowest BCUT2D eigenvalue weighted by molar-refractivity contribution is -0.146. The van der Waals surface area contributed by atoms with Gasteiger partial charge in [0.1, 0.15) is 36.7 Å². The lowest BCUT2D eigenvalue weighted by atomic mass is 9.97. The maximum atomic E-state index is 14.5. The van der Waals surface area contributed by atoms with Crippen molar-refractivity contribution in [2.75, 3.05) is 38.7 Å². The average molecular weight is 1110 g/mol. The van der Waals surface area contributed by atoms with Crippen LogP contribution in [0.5, 0.6) is 0 Å². The molecule has 416 valence electrons. The van der Waals surface area contributed by atoms with E-state index in [1.807, 2.05) is 48.5 Å². The summed E-state index contributed by atoms with van der Waals surface area (Å²) in [6.07, 6.45) is -0.717. The number of nitrogens with two attached hydrogens (primary N) is 2. The number of likely N-dealkylation sites (N-methyl/N-ethyl adjacent to an activating group) is 2. The van der Waals surface area contributed by atoms with Crippen molar-refractivity contribution in [2.45, 2.75) is 65.8 Å². The van der Waals surface area contributed by atoms with Crippen molar-refractivity contribution in [3.05, 3.63) is 177 Å². The minimum atomic E-state index is -1.13. The molecule has 0 spiro atoms. The number of anilines is 2. The molecule has 5 N–H and O–H groups in total. The van der Waals surface area contributed by atoms with Gasteiger partial charge in [-0.2, -0.15) is 0 Å². The second-order valence-electron chi connectivity index (χ2n) is 20.2. The molecule has 0 bridgehead atoms. The molecule has 0 fully saturated rings. The minimum absolute atomic E-state index is 0.0282. The van der Waals surface area contributed by atoms with Crippen LogP contribution in [0.3, 0.4) is 0 Å². The average Bonchev–Trinajstić information content (AvgIpc) is 4.15. The first-order chi connectivity index (χ1) is 38.6. The van der Waals surface area contributed by atoms with Crippen molar-refractivity contribution in [1.29, 1.82) is 0 Å². The van der Waals surface area contributed by atoms with Gasteiger partial charge < -0.3 is 45.7 Å². The first-order valence-electron chi connectivity index (χ1n) is 25.4. The zero-order valence-electron chi connectivity index (χ0n) is 44.6. The third-order valence-corrected chi connectivity index (χ3v) is 13.2. The van der Waals surface area contributed by atoms with Gasteiger partial charge in [-0.05, 0) is 121 Å². The number of hydrogen-bond donors (Lipinski definition) is 3. The van der Waals surface area contributed by atoms with Crippen LogP contribution >= 0.6 is 0 Å². The second kappa shape index (κ2) is 23.4. The fraction of sp³-hybridized carbons (Fsp3) is 0.237. The van der Waals surface area contributed by atoms with Gasteiger partial charge >= 0.3 is 18.0 Å². The van der Waals surface area contributed by atoms with Crippen molar-refractivity contribution in [3.8, 4) is 22.3 Å². The highest BCUT2D eigenvalue weighted by molar-refractivity contribution is 6.07. The molecule has 10 rings (SSSR count). The van der Waals surface area contributed by atoms with Crippen LogP contribution in [0.15, 0.2) is 109 Å². The number of ether oxygens (including phenoxy) is 3. The van der Waals surface area contributed by atoms with E-state index in [0.717, 1.165) is 51.4 Å². The summed E-state index contributed by atoms with van der Waals surface area (Å²) in [5, 5.41) is 3.45. The summed E-state index contributed by atoms with van der Waals surface area (Å²) in [5.74, 6) is -6.50. The highest BCUT2D eigenvalue weighted by Gasteiger charge is 2.30. The number of carbonyl (C=O) groups is 5. The Morgan fingerprint density at radius 1 is 0.580 bits per heavy atom. The number of carbonyl (C=O) groups excluding carboxylic acids is 5. The zero-order valence-corrected chi connectivity index (χ0v) is 44.6. The number of esters is 2. The summed E-state index contributed by atoms with van der Waals surface area (Å²) in [6, 6.07) is 29.2.